The van der Waals surface area contributed by atoms with Crippen LogP contribution in [0, 0.1) is 0 Å². The second-order valence-corrected chi connectivity index (χ2v) is 5.82. The van der Waals surface area contributed by atoms with Gasteiger partial charge in [-0.1, -0.05) is 0 Å². The molecule has 3 rings (SSSR count). The number of imidazole rings is 2. The maximum atomic E-state index is 12.2. The van der Waals surface area contributed by atoms with E-state index in [-0.39, 0.29) is 11.1 Å². The van der Waals surface area contributed by atoms with Gasteiger partial charge in [0, 0.05) is 0 Å². The Labute approximate surface area is 148 Å². The van der Waals surface area contributed by atoms with Gasteiger partial charge in [-0.25, -0.2) is 0 Å². The Morgan fingerprint density at radius 1 is 0.833 bits per heavy atom. The van der Waals surface area contributed by atoms with Gasteiger partial charge >= 0.3 is 149 Å². The summed E-state index contributed by atoms with van der Waals surface area (Å²) in [4.78, 5) is 38.7. The molecule has 2 heterocycles. The molecule has 0 fully saturated rings. The predicted octanol–water partition coefficient (Wildman–Crippen LogP) is 0.0924. The molecule has 0 bridgehead atoms. The number of rotatable bonds is 6. The third kappa shape index (κ3) is 4.10. The van der Waals surface area contributed by atoms with Crippen LogP contribution < -0.4 is 9.59 Å². The summed E-state index contributed by atoms with van der Waals surface area (Å²) < 4.78 is 10.2. The summed E-state index contributed by atoms with van der Waals surface area (Å²) in [6, 6.07) is 6.25. The first-order valence-electron chi connectivity index (χ1n) is 6.43. The predicted molar refractivity (Wildman–Crippen MR) is 73.7 cm³/mol. The normalized spacial score (nSPS) is 10.7. The first-order valence-corrected chi connectivity index (χ1v) is 8.22. The minimum atomic E-state index is -0.663. The summed E-state index contributed by atoms with van der Waals surface area (Å²) in [6.07, 6.45) is 6.30. The minimum absolute atomic E-state index is 0.107. The van der Waals surface area contributed by atoms with Crippen molar-refractivity contribution in [1.82, 2.24) is 19.9 Å². The second-order valence-electron chi connectivity index (χ2n) is 4.08. The van der Waals surface area contributed by atoms with E-state index < -0.39 is 11.9 Å². The van der Waals surface area contributed by atoms with Gasteiger partial charge in [0.05, 0.1) is 0 Å². The number of carbonyl (C=O) groups excluding carboxylic acids is 2. The van der Waals surface area contributed by atoms with Gasteiger partial charge in [0.1, 0.15) is 0 Å². The van der Waals surface area contributed by atoms with Crippen molar-refractivity contribution in [2.45, 2.75) is 0 Å². The molecule has 0 amide bonds. The molecule has 0 aliphatic rings. The van der Waals surface area contributed by atoms with Crippen LogP contribution in [0.25, 0.3) is 0 Å². The van der Waals surface area contributed by atoms with Gasteiger partial charge < -0.3 is 0 Å². The molecule has 1 aromatic carbocycles. The zero-order valence-corrected chi connectivity index (χ0v) is 13.8. The first-order chi connectivity index (χ1) is 11.7. The zero-order valence-electron chi connectivity index (χ0n) is 11.8. The van der Waals surface area contributed by atoms with E-state index in [1.165, 1.54) is 12.1 Å². The Hall–Kier alpha value is -2.43. The van der Waals surface area contributed by atoms with E-state index in [0.717, 1.165) is 0 Å². The molecule has 0 aliphatic heterocycles. The van der Waals surface area contributed by atoms with E-state index in [2.05, 4.69) is 19.9 Å². The van der Waals surface area contributed by atoms with Crippen LogP contribution >= 0.6 is 0 Å². The number of carbonyl (C=O) groups is 2. The van der Waals surface area contributed by atoms with E-state index >= 15 is 0 Å². The average Bonchev–Trinajstić information content (AvgIpc) is 3.31. The number of hydrogen-bond acceptors (Lipinski definition) is 6. The fourth-order valence-corrected chi connectivity index (χ4v) is 2.70. The molecule has 2 aromatic heterocycles. The molecule has 0 spiro atoms. The van der Waals surface area contributed by atoms with Gasteiger partial charge in [-0.3, -0.25) is 0 Å². The molecule has 0 aliphatic carbocycles. The van der Waals surface area contributed by atoms with E-state index in [1.807, 2.05) is 0 Å². The standard InChI is InChI=1S/C8H6O4.2C3H3N2.2Ni/c9-7(10)5-3-1-2-4-6(5)8(11)12;2*1-2-5-3-4-1;;/h1-4H,(H,9,10)(H,11,12);2*1-2H,(H,4,5);;/q;;;2*+1/p-2. The first kappa shape index (κ1) is 16.4. The Balaban J connectivity index is 1.67. The molecule has 2 N–H and O–H groups in total. The summed E-state index contributed by atoms with van der Waals surface area (Å²) in [7, 11) is 0. The van der Waals surface area contributed by atoms with Crippen molar-refractivity contribution in [3.63, 3.8) is 0 Å². The number of aromatic amines is 2. The van der Waals surface area contributed by atoms with Crippen LogP contribution in [0.1, 0.15) is 20.7 Å². The molecule has 0 radical (unpaired) electrons. The molecule has 3 aromatic rings. The van der Waals surface area contributed by atoms with Crippen molar-refractivity contribution in [3.05, 3.63) is 60.2 Å². The van der Waals surface area contributed by atoms with Crippen molar-refractivity contribution >= 4 is 21.5 Å². The molecule has 10 heteroatoms. The van der Waals surface area contributed by atoms with E-state index in [9.17, 15) is 9.59 Å². The summed E-state index contributed by atoms with van der Waals surface area (Å²) >= 11 is 1.15. The monoisotopic (exact) mass is 414 g/mol. The fraction of sp³-hybridized carbons (Fsp3) is 0. The van der Waals surface area contributed by atoms with Crippen molar-refractivity contribution in [3.8, 4) is 0 Å². The van der Waals surface area contributed by atoms with Crippen molar-refractivity contribution < 1.29 is 46.9 Å². The molecule has 24 heavy (non-hydrogen) atoms. The molecule has 0 unspecified atom stereocenters. The van der Waals surface area contributed by atoms with Crippen molar-refractivity contribution in [2.75, 3.05) is 0 Å². The van der Waals surface area contributed by atoms with E-state index in [0.29, 0.717) is 39.1 Å². The van der Waals surface area contributed by atoms with Crippen LogP contribution in [0.15, 0.2) is 49.1 Å². The maximum absolute atomic E-state index is 12.2. The van der Waals surface area contributed by atoms with Crippen LogP contribution in [0.2, 0.25) is 0 Å². The van der Waals surface area contributed by atoms with Crippen LogP contribution in [0.4, 0.5) is 0 Å². The number of aromatic nitrogens is 4. The van der Waals surface area contributed by atoms with Gasteiger partial charge in [-0.2, -0.15) is 0 Å². The summed E-state index contributed by atoms with van der Waals surface area (Å²) in [6.45, 7) is 0. The summed E-state index contributed by atoms with van der Waals surface area (Å²) in [5, 5.41) is 0. The molecule has 0 saturated carbocycles. The van der Waals surface area contributed by atoms with Crippen molar-refractivity contribution in [1.29, 1.82) is 0 Å². The molecule has 8 nitrogen and oxygen atoms in total. The van der Waals surface area contributed by atoms with E-state index in [1.54, 1.807) is 36.9 Å². The number of nitrogens with one attached hydrogen (secondary N) is 2. The topological polar surface area (TPSA) is 110 Å². The second kappa shape index (κ2) is 7.90. The summed E-state index contributed by atoms with van der Waals surface area (Å²) in [5.74, 6) is -1.33. The van der Waals surface area contributed by atoms with Crippen LogP contribution in [-0.2, 0) is 37.3 Å². The third-order valence-corrected chi connectivity index (χ3v) is 4.06. The Morgan fingerprint density at radius 3 is 1.67 bits per heavy atom. The van der Waals surface area contributed by atoms with Crippen molar-refractivity contribution in [2.24, 2.45) is 0 Å². The van der Waals surface area contributed by atoms with Gasteiger partial charge in [-0.15, -0.1) is 0 Å². The van der Waals surface area contributed by atoms with Crippen LogP contribution in [0.5, 0.6) is 0 Å². The quantitative estimate of drug-likeness (QED) is 0.552. The molecule has 130 valence electrons. The number of H-pyrrole nitrogens is 2. The fourth-order valence-electron chi connectivity index (χ4n) is 1.57. The molecular formula is C14H10N4Ni2O4. The Morgan fingerprint density at radius 2 is 1.29 bits per heavy atom. The SMILES string of the molecule is O=C([O][Ni][c]1ncc[nH]1)c1ccccc1C(=O)[O][Ni][c]1ncc[nH]1. The number of hydrogen-bond donors (Lipinski definition) is 2. The Kier molecular flexibility index (Phi) is 5.41. The third-order valence-electron chi connectivity index (χ3n) is 2.57. The molecular weight excluding hydrogens is 406 g/mol. The van der Waals surface area contributed by atoms with Gasteiger partial charge in [-0.05, 0) is 0 Å². The van der Waals surface area contributed by atoms with Gasteiger partial charge in [0.25, 0.3) is 0 Å². The Bertz CT molecular complexity index is 752. The van der Waals surface area contributed by atoms with Gasteiger partial charge in [0.2, 0.25) is 0 Å². The van der Waals surface area contributed by atoms with E-state index in [4.69, 9.17) is 7.76 Å². The molecule has 0 saturated heterocycles. The molecule has 0 atom stereocenters. The number of nitrogens with zero attached hydrogens (tertiary/aromatic N) is 2. The van der Waals surface area contributed by atoms with Crippen LogP contribution in [-0.4, -0.2) is 31.9 Å². The summed E-state index contributed by atoms with van der Waals surface area (Å²) in [5.41, 5.74) is 0.214. The zero-order chi connectivity index (χ0) is 16.8. The average molecular weight is 416 g/mol. The number of benzene rings is 1. The van der Waals surface area contributed by atoms with Crippen LogP contribution in [0.3, 0.4) is 0 Å². The van der Waals surface area contributed by atoms with Gasteiger partial charge in [0.15, 0.2) is 0 Å².